The largest absolute Gasteiger partial charge is 0.342 e. The average Bonchev–Trinajstić information content (AvgIpc) is 2.17. The van der Waals surface area contributed by atoms with E-state index in [-0.39, 0.29) is 11.3 Å². The summed E-state index contributed by atoms with van der Waals surface area (Å²) >= 11 is 0. The molecule has 0 aromatic heterocycles. The third kappa shape index (κ3) is 3.06. The quantitative estimate of drug-likeness (QED) is 0.738. The minimum absolute atomic E-state index is 0.00472. The number of carbonyl (C=O) groups excluding carboxylic acids is 1. The summed E-state index contributed by atoms with van der Waals surface area (Å²) in [5, 5.41) is 0. The average molecular weight is 228 g/mol. The molecular weight excluding hydrogens is 216 g/mol. The van der Waals surface area contributed by atoms with Gasteiger partial charge in [0.1, 0.15) is 4.90 Å². The highest BCUT2D eigenvalue weighted by molar-refractivity contribution is 7.87. The number of benzene rings is 1. The molecule has 0 spiro atoms. The molecule has 0 amide bonds. The first-order valence-electron chi connectivity index (χ1n) is 4.49. The first kappa shape index (κ1) is 11.7. The highest BCUT2D eigenvalue weighted by Gasteiger charge is 2.18. The summed E-state index contributed by atoms with van der Waals surface area (Å²) in [4.78, 5) is 10.9. The zero-order valence-electron chi connectivity index (χ0n) is 8.56. The van der Waals surface area contributed by atoms with Crippen LogP contribution in [0.5, 0.6) is 0 Å². The molecule has 0 saturated carbocycles. The van der Waals surface area contributed by atoms with Crippen molar-refractivity contribution in [1.29, 1.82) is 0 Å². The van der Waals surface area contributed by atoms with E-state index in [0.717, 1.165) is 5.56 Å². The predicted molar refractivity (Wildman–Crippen MR) is 54.7 cm³/mol. The summed E-state index contributed by atoms with van der Waals surface area (Å²) in [6.45, 7) is 3.38. The van der Waals surface area contributed by atoms with Crippen LogP contribution in [0.15, 0.2) is 29.2 Å². The van der Waals surface area contributed by atoms with Crippen LogP contribution in [0, 0.1) is 6.92 Å². The van der Waals surface area contributed by atoms with E-state index < -0.39 is 16.1 Å². The number of carbonyl (C=O) groups is 1. The normalized spacial score (nSPS) is 11.1. The second-order valence-corrected chi connectivity index (χ2v) is 4.62. The molecule has 5 heteroatoms. The van der Waals surface area contributed by atoms with Gasteiger partial charge in [0.05, 0.1) is 0 Å². The van der Waals surface area contributed by atoms with Crippen molar-refractivity contribution in [2.45, 2.75) is 25.2 Å². The Bertz CT molecular complexity index is 445. The summed E-state index contributed by atoms with van der Waals surface area (Å²) < 4.78 is 27.3. The van der Waals surface area contributed by atoms with E-state index in [1.807, 2.05) is 6.92 Å². The van der Waals surface area contributed by atoms with Crippen LogP contribution >= 0.6 is 0 Å². The molecule has 0 saturated heterocycles. The molecule has 0 N–H and O–H groups in total. The van der Waals surface area contributed by atoms with Gasteiger partial charge in [-0.05, 0) is 19.1 Å². The van der Waals surface area contributed by atoms with Crippen molar-refractivity contribution < 1.29 is 17.4 Å². The monoisotopic (exact) mass is 228 g/mol. The lowest BCUT2D eigenvalue weighted by Crippen LogP contribution is -2.12. The smallest absolute Gasteiger partial charge is 0.341 e. The minimum atomic E-state index is -3.94. The van der Waals surface area contributed by atoms with Crippen molar-refractivity contribution >= 4 is 16.1 Å². The molecule has 0 bridgehead atoms. The third-order valence-corrected chi connectivity index (χ3v) is 3.06. The summed E-state index contributed by atoms with van der Waals surface area (Å²) in [6, 6.07) is 6.11. The van der Waals surface area contributed by atoms with Crippen LogP contribution in [0.2, 0.25) is 0 Å². The molecule has 0 fully saturated rings. The van der Waals surface area contributed by atoms with E-state index in [0.29, 0.717) is 0 Å². The van der Waals surface area contributed by atoms with Gasteiger partial charge in [0, 0.05) is 6.42 Å². The summed E-state index contributed by atoms with van der Waals surface area (Å²) in [7, 11) is -3.94. The predicted octanol–water partition coefficient (Wildman–Crippen LogP) is 1.64. The van der Waals surface area contributed by atoms with Crippen molar-refractivity contribution in [2.24, 2.45) is 0 Å². The molecule has 0 radical (unpaired) electrons. The van der Waals surface area contributed by atoms with Gasteiger partial charge in [-0.15, -0.1) is 0 Å². The Balaban J connectivity index is 2.96. The summed E-state index contributed by atoms with van der Waals surface area (Å²) in [6.07, 6.45) is 0.0328. The van der Waals surface area contributed by atoms with E-state index >= 15 is 0 Å². The Labute approximate surface area is 89.0 Å². The molecular formula is C10H12O4S. The van der Waals surface area contributed by atoms with E-state index in [4.69, 9.17) is 0 Å². The molecule has 4 nitrogen and oxygen atoms in total. The first-order chi connectivity index (χ1) is 6.95. The van der Waals surface area contributed by atoms with Crippen LogP contribution in [-0.4, -0.2) is 14.4 Å². The van der Waals surface area contributed by atoms with Gasteiger partial charge in [0.2, 0.25) is 0 Å². The third-order valence-electron chi connectivity index (χ3n) is 1.80. The van der Waals surface area contributed by atoms with E-state index in [9.17, 15) is 13.2 Å². The first-order valence-corrected chi connectivity index (χ1v) is 5.90. The summed E-state index contributed by atoms with van der Waals surface area (Å²) in [5.41, 5.74) is 0.941. The molecule has 0 atom stereocenters. The van der Waals surface area contributed by atoms with Crippen LogP contribution in [-0.2, 0) is 19.1 Å². The molecule has 0 aliphatic carbocycles. The van der Waals surface area contributed by atoms with Crippen LogP contribution < -0.4 is 0 Å². The van der Waals surface area contributed by atoms with E-state index in [1.54, 1.807) is 12.1 Å². The fourth-order valence-electron chi connectivity index (χ4n) is 0.934. The van der Waals surface area contributed by atoms with Gasteiger partial charge in [-0.2, -0.15) is 8.42 Å². The Morgan fingerprint density at radius 2 is 1.80 bits per heavy atom. The highest BCUT2D eigenvalue weighted by atomic mass is 32.2. The van der Waals surface area contributed by atoms with Crippen LogP contribution in [0.3, 0.4) is 0 Å². The fourth-order valence-corrected chi connectivity index (χ4v) is 1.86. The molecule has 1 aromatic rings. The number of hydrogen-bond donors (Lipinski definition) is 0. The maximum absolute atomic E-state index is 11.5. The molecule has 0 aliphatic rings. The molecule has 0 heterocycles. The standard InChI is InChI=1S/C10H12O4S/c1-3-10(11)14-15(12,13)9-6-4-8(2)5-7-9/h4-7H,3H2,1-2H3. The molecule has 1 aromatic carbocycles. The van der Waals surface area contributed by atoms with Crippen molar-refractivity contribution in [1.82, 2.24) is 0 Å². The number of rotatable bonds is 3. The molecule has 15 heavy (non-hydrogen) atoms. The summed E-state index contributed by atoms with van der Waals surface area (Å²) in [5.74, 6) is -0.754. The van der Waals surface area contributed by atoms with Gasteiger partial charge in [-0.25, -0.2) is 0 Å². The maximum Gasteiger partial charge on any atom is 0.341 e. The van der Waals surface area contributed by atoms with Crippen molar-refractivity contribution in [3.05, 3.63) is 29.8 Å². The number of hydrogen-bond acceptors (Lipinski definition) is 4. The molecule has 1 rings (SSSR count). The van der Waals surface area contributed by atoms with Crippen molar-refractivity contribution in [3.63, 3.8) is 0 Å². The minimum Gasteiger partial charge on any atom is -0.342 e. The molecule has 82 valence electrons. The van der Waals surface area contributed by atoms with Gasteiger partial charge in [0.25, 0.3) is 0 Å². The van der Waals surface area contributed by atoms with Crippen molar-refractivity contribution in [2.75, 3.05) is 0 Å². The Morgan fingerprint density at radius 3 is 2.27 bits per heavy atom. The second-order valence-electron chi connectivity index (χ2n) is 3.08. The van der Waals surface area contributed by atoms with Gasteiger partial charge in [-0.3, -0.25) is 4.79 Å². The van der Waals surface area contributed by atoms with Gasteiger partial charge in [0.15, 0.2) is 0 Å². The molecule has 0 unspecified atom stereocenters. The SMILES string of the molecule is CCC(=O)OS(=O)(=O)c1ccc(C)cc1. The lowest BCUT2D eigenvalue weighted by molar-refractivity contribution is -0.133. The van der Waals surface area contributed by atoms with Crippen LogP contribution in [0.1, 0.15) is 18.9 Å². The Kier molecular flexibility index (Phi) is 3.47. The van der Waals surface area contributed by atoms with E-state index in [1.165, 1.54) is 19.1 Å². The zero-order valence-corrected chi connectivity index (χ0v) is 9.37. The Hall–Kier alpha value is -1.36. The fraction of sp³-hybridized carbons (Fsp3) is 0.300. The zero-order chi connectivity index (χ0) is 11.5. The topological polar surface area (TPSA) is 60.4 Å². The van der Waals surface area contributed by atoms with Gasteiger partial charge >= 0.3 is 16.1 Å². The van der Waals surface area contributed by atoms with E-state index in [2.05, 4.69) is 4.18 Å². The number of aryl methyl sites for hydroxylation is 1. The Morgan fingerprint density at radius 1 is 1.27 bits per heavy atom. The van der Waals surface area contributed by atoms with Crippen LogP contribution in [0.25, 0.3) is 0 Å². The van der Waals surface area contributed by atoms with Crippen molar-refractivity contribution in [3.8, 4) is 0 Å². The second kappa shape index (κ2) is 4.44. The van der Waals surface area contributed by atoms with Gasteiger partial charge < -0.3 is 4.18 Å². The highest BCUT2D eigenvalue weighted by Crippen LogP contribution is 2.13. The molecule has 0 aliphatic heterocycles. The lowest BCUT2D eigenvalue weighted by Gasteiger charge is -2.04. The maximum atomic E-state index is 11.5. The van der Waals surface area contributed by atoms with Crippen LogP contribution in [0.4, 0.5) is 0 Å². The van der Waals surface area contributed by atoms with Gasteiger partial charge in [-0.1, -0.05) is 24.6 Å². The lowest BCUT2D eigenvalue weighted by atomic mass is 10.2.